The molecule has 0 bridgehead atoms. The van der Waals surface area contributed by atoms with E-state index in [0.717, 1.165) is 6.42 Å². The molecule has 3 nitrogen and oxygen atoms in total. The van der Waals surface area contributed by atoms with E-state index in [1.807, 2.05) is 41.5 Å². The molecule has 4 saturated carbocycles. The first kappa shape index (κ1) is 30.2. The Labute approximate surface area is 206 Å². The summed E-state index contributed by atoms with van der Waals surface area (Å²) in [6.45, 7) is 19.2. The Balaban J connectivity index is 0.000000841. The number of rotatable bonds is 3. The fourth-order valence-corrected chi connectivity index (χ4v) is 8.43. The van der Waals surface area contributed by atoms with Crippen LogP contribution in [-0.2, 0) is 14.3 Å². The van der Waals surface area contributed by atoms with Crippen LogP contribution >= 0.6 is 0 Å². The van der Waals surface area contributed by atoms with Gasteiger partial charge in [-0.25, -0.2) is 0 Å². The predicted octanol–water partition coefficient (Wildman–Crippen LogP) is 8.49. The van der Waals surface area contributed by atoms with Crippen LogP contribution in [0, 0.1) is 46.3 Å². The molecule has 7 unspecified atom stereocenters. The van der Waals surface area contributed by atoms with Crippen molar-refractivity contribution in [3.63, 3.8) is 0 Å². The van der Waals surface area contributed by atoms with Crippen LogP contribution in [-0.4, -0.2) is 18.9 Å². The number of methoxy groups -OCH3 is 1. The van der Waals surface area contributed by atoms with E-state index < -0.39 is 0 Å². The molecule has 0 radical (unpaired) electrons. The minimum Gasteiger partial charge on any atom is -0.469 e. The Morgan fingerprint density at radius 1 is 0.909 bits per heavy atom. The fraction of sp³-hybridized carbons (Fsp3) is 0.933. The van der Waals surface area contributed by atoms with E-state index in [2.05, 4.69) is 20.8 Å². The van der Waals surface area contributed by atoms with E-state index >= 15 is 0 Å². The normalized spacial score (nSPS) is 39.5. The van der Waals surface area contributed by atoms with Crippen molar-refractivity contribution in [1.29, 1.82) is 0 Å². The van der Waals surface area contributed by atoms with Crippen molar-refractivity contribution in [2.45, 2.75) is 127 Å². The van der Waals surface area contributed by atoms with Crippen molar-refractivity contribution in [2.75, 3.05) is 7.11 Å². The highest BCUT2D eigenvalue weighted by Gasteiger charge is 2.62. The first-order chi connectivity index (χ1) is 15.8. The molecule has 0 amide bonds. The number of fused-ring (bicyclic) bond motifs is 5. The third-order valence-corrected chi connectivity index (χ3v) is 9.86. The lowest BCUT2D eigenvalue weighted by molar-refractivity contribution is -0.157. The summed E-state index contributed by atoms with van der Waals surface area (Å²) in [5, 5.41) is 0. The summed E-state index contributed by atoms with van der Waals surface area (Å²) in [4.78, 5) is 25.2. The van der Waals surface area contributed by atoms with Crippen molar-refractivity contribution in [3.05, 3.63) is 0 Å². The van der Waals surface area contributed by atoms with E-state index in [1.165, 1.54) is 58.5 Å². The van der Waals surface area contributed by atoms with Crippen molar-refractivity contribution in [1.82, 2.24) is 0 Å². The molecule has 0 N–H and O–H groups in total. The van der Waals surface area contributed by atoms with Crippen LogP contribution < -0.4 is 0 Å². The molecule has 0 aromatic carbocycles. The first-order valence-electron chi connectivity index (χ1n) is 14.4. The van der Waals surface area contributed by atoms with Gasteiger partial charge in [-0.3, -0.25) is 9.59 Å². The van der Waals surface area contributed by atoms with Gasteiger partial charge in [0.05, 0.1) is 7.11 Å². The molecule has 4 fully saturated rings. The highest BCUT2D eigenvalue weighted by atomic mass is 16.5. The van der Waals surface area contributed by atoms with Crippen LogP contribution in [0.15, 0.2) is 0 Å². The van der Waals surface area contributed by atoms with E-state index in [9.17, 15) is 9.59 Å². The number of carbonyl (C=O) groups excluding carboxylic acids is 2. The average Bonchev–Trinajstić information content (AvgIpc) is 3.20. The number of esters is 1. The molecule has 8 atom stereocenters. The van der Waals surface area contributed by atoms with Gasteiger partial charge < -0.3 is 4.74 Å². The van der Waals surface area contributed by atoms with Crippen molar-refractivity contribution in [3.8, 4) is 0 Å². The van der Waals surface area contributed by atoms with Gasteiger partial charge in [0.2, 0.25) is 0 Å². The van der Waals surface area contributed by atoms with Gasteiger partial charge in [-0.1, -0.05) is 75.2 Å². The summed E-state index contributed by atoms with van der Waals surface area (Å²) in [6, 6.07) is 0. The average molecular weight is 465 g/mol. The number of hydrogen-bond acceptors (Lipinski definition) is 3. The molecular formula is C30H56O3. The third-order valence-electron chi connectivity index (χ3n) is 9.86. The van der Waals surface area contributed by atoms with E-state index in [4.69, 9.17) is 4.74 Å². The summed E-state index contributed by atoms with van der Waals surface area (Å²) in [6.07, 6.45) is 11.4. The fourth-order valence-electron chi connectivity index (χ4n) is 8.43. The summed E-state index contributed by atoms with van der Waals surface area (Å²) in [5.74, 6) is 3.47. The lowest BCUT2D eigenvalue weighted by Gasteiger charge is -2.60. The number of Topliss-reactive ketones (excluding diaryl/α,β-unsaturated/α-hetero) is 1. The van der Waals surface area contributed by atoms with Crippen molar-refractivity contribution in [2.24, 2.45) is 46.3 Å². The number of ether oxygens (including phenoxy) is 1. The largest absolute Gasteiger partial charge is 0.469 e. The van der Waals surface area contributed by atoms with Crippen LogP contribution in [0.5, 0.6) is 0 Å². The van der Waals surface area contributed by atoms with Gasteiger partial charge in [0.1, 0.15) is 5.78 Å². The smallest absolute Gasteiger partial charge is 0.305 e. The summed E-state index contributed by atoms with van der Waals surface area (Å²) >= 11 is 0. The summed E-state index contributed by atoms with van der Waals surface area (Å²) in [7, 11) is 1.49. The number of carbonyl (C=O) groups is 2. The molecule has 4 aliphatic carbocycles. The second-order valence-electron chi connectivity index (χ2n) is 10.8. The standard InChI is InChI=1S/C24H38O3.3C2H6/c1-15(13-21(26)27-4)17-8-9-18-22-19(10-12-24(17,18)3)23(2)11-6-5-7-16(23)14-20(22)25;3*1-2/h15-19,22H,5-14H2,1-4H3;3*1-2H3/t15-,16?,17?,18?,19?,22?,23?,24?;;;/m1.../s1. The maximum absolute atomic E-state index is 13.3. The molecule has 4 rings (SSSR count). The molecule has 0 heterocycles. The lowest BCUT2D eigenvalue weighted by Crippen LogP contribution is -2.56. The van der Waals surface area contributed by atoms with Gasteiger partial charge in [-0.15, -0.1) is 0 Å². The molecule has 194 valence electrons. The molecule has 0 aromatic heterocycles. The Hall–Kier alpha value is -0.860. The zero-order valence-corrected chi connectivity index (χ0v) is 23.8. The van der Waals surface area contributed by atoms with Crippen molar-refractivity contribution >= 4 is 11.8 Å². The lowest BCUT2D eigenvalue weighted by atomic mass is 9.44. The molecule has 0 aliphatic heterocycles. The molecule has 33 heavy (non-hydrogen) atoms. The maximum Gasteiger partial charge on any atom is 0.305 e. The van der Waals surface area contributed by atoms with Gasteiger partial charge in [0.15, 0.2) is 0 Å². The van der Waals surface area contributed by atoms with Crippen LogP contribution in [0.1, 0.15) is 127 Å². The summed E-state index contributed by atoms with van der Waals surface area (Å²) < 4.78 is 4.93. The zero-order valence-electron chi connectivity index (χ0n) is 23.8. The Bertz CT molecular complexity index is 614. The van der Waals surface area contributed by atoms with Gasteiger partial charge in [-0.05, 0) is 78.9 Å². The van der Waals surface area contributed by atoms with E-state index in [-0.39, 0.29) is 11.4 Å². The molecular weight excluding hydrogens is 408 g/mol. The van der Waals surface area contributed by atoms with Crippen LogP contribution in [0.25, 0.3) is 0 Å². The number of hydrogen-bond donors (Lipinski definition) is 0. The Kier molecular flexibility index (Phi) is 12.1. The Morgan fingerprint density at radius 2 is 1.52 bits per heavy atom. The van der Waals surface area contributed by atoms with E-state index in [1.54, 1.807) is 0 Å². The monoisotopic (exact) mass is 464 g/mol. The topological polar surface area (TPSA) is 43.4 Å². The molecule has 0 spiro atoms. The SMILES string of the molecule is CC.CC.CC.COC(=O)C[C@@H](C)C1CCC2C3C(=O)CC4CCCCC4(C)C3CCC21C. The number of ketones is 1. The van der Waals surface area contributed by atoms with Gasteiger partial charge >= 0.3 is 5.97 Å². The highest BCUT2D eigenvalue weighted by molar-refractivity contribution is 5.83. The van der Waals surface area contributed by atoms with Gasteiger partial charge in [0.25, 0.3) is 0 Å². The molecule has 0 aromatic rings. The summed E-state index contributed by atoms with van der Waals surface area (Å²) in [5.41, 5.74) is 0.621. The molecule has 4 aliphatic rings. The Morgan fingerprint density at radius 3 is 2.12 bits per heavy atom. The van der Waals surface area contributed by atoms with Crippen LogP contribution in [0.3, 0.4) is 0 Å². The quantitative estimate of drug-likeness (QED) is 0.393. The molecule has 3 heteroatoms. The predicted molar refractivity (Wildman–Crippen MR) is 140 cm³/mol. The van der Waals surface area contributed by atoms with Gasteiger partial charge in [0, 0.05) is 18.8 Å². The second-order valence-corrected chi connectivity index (χ2v) is 10.8. The minimum absolute atomic E-state index is 0.0884. The first-order valence-corrected chi connectivity index (χ1v) is 14.4. The van der Waals surface area contributed by atoms with Crippen molar-refractivity contribution < 1.29 is 14.3 Å². The maximum atomic E-state index is 13.3. The van der Waals surface area contributed by atoms with Gasteiger partial charge in [-0.2, -0.15) is 0 Å². The van der Waals surface area contributed by atoms with E-state index in [0.29, 0.717) is 53.1 Å². The second kappa shape index (κ2) is 13.3. The molecule has 0 saturated heterocycles. The minimum atomic E-state index is -0.0884. The van der Waals surface area contributed by atoms with Crippen LogP contribution in [0.4, 0.5) is 0 Å². The zero-order chi connectivity index (χ0) is 25.4. The third kappa shape index (κ3) is 5.69. The highest BCUT2D eigenvalue weighted by Crippen LogP contribution is 2.67. The van der Waals surface area contributed by atoms with Crippen LogP contribution in [0.2, 0.25) is 0 Å².